The molecule has 0 atom stereocenters. The van der Waals surface area contributed by atoms with Gasteiger partial charge < -0.3 is 0 Å². The number of hydrogen-bond donors (Lipinski definition) is 1. The number of rotatable bonds is 5. The molecular formula is C16H14N6. The van der Waals surface area contributed by atoms with Gasteiger partial charge in [-0.2, -0.15) is 14.9 Å². The second kappa shape index (κ2) is 6.94. The number of benzene rings is 2. The van der Waals surface area contributed by atoms with E-state index in [0.717, 1.165) is 11.1 Å². The summed E-state index contributed by atoms with van der Waals surface area (Å²) in [7, 11) is 0. The molecule has 3 aromatic rings. The lowest BCUT2D eigenvalue weighted by Crippen LogP contribution is -1.99. The second-order valence-electron chi connectivity index (χ2n) is 4.44. The Hall–Kier alpha value is -3.28. The summed E-state index contributed by atoms with van der Waals surface area (Å²) in [6.45, 7) is 0. The SMILES string of the molecule is C(=N/Nc1nncn1/N=C\c1ccccc1)/c1ccccc1. The van der Waals surface area contributed by atoms with E-state index in [1.54, 1.807) is 12.4 Å². The van der Waals surface area contributed by atoms with Crippen LogP contribution in [-0.2, 0) is 0 Å². The molecule has 3 rings (SSSR count). The molecule has 0 fully saturated rings. The van der Waals surface area contributed by atoms with Gasteiger partial charge in [-0.05, 0) is 11.1 Å². The van der Waals surface area contributed by atoms with E-state index in [1.807, 2.05) is 60.7 Å². The van der Waals surface area contributed by atoms with Crippen LogP contribution in [0.3, 0.4) is 0 Å². The lowest BCUT2D eigenvalue weighted by molar-refractivity contribution is 0.879. The number of aromatic nitrogens is 3. The Bertz CT molecular complexity index is 762. The molecule has 0 unspecified atom stereocenters. The van der Waals surface area contributed by atoms with Gasteiger partial charge in [-0.3, -0.25) is 0 Å². The molecule has 0 aliphatic heterocycles. The molecule has 108 valence electrons. The minimum atomic E-state index is 0.444. The number of nitrogens with one attached hydrogen (secondary N) is 1. The maximum Gasteiger partial charge on any atom is 0.265 e. The number of anilines is 1. The monoisotopic (exact) mass is 290 g/mol. The Morgan fingerprint density at radius 1 is 0.864 bits per heavy atom. The number of hydrogen-bond acceptors (Lipinski definition) is 5. The number of nitrogens with zero attached hydrogens (tertiary/aromatic N) is 5. The normalized spacial score (nSPS) is 11.3. The van der Waals surface area contributed by atoms with Crippen molar-refractivity contribution in [3.05, 3.63) is 78.1 Å². The first-order chi connectivity index (χ1) is 10.9. The lowest BCUT2D eigenvalue weighted by atomic mass is 10.2. The first-order valence-corrected chi connectivity index (χ1v) is 6.75. The van der Waals surface area contributed by atoms with E-state index < -0.39 is 0 Å². The molecule has 0 saturated carbocycles. The molecule has 0 aliphatic carbocycles. The largest absolute Gasteiger partial charge is 0.265 e. The van der Waals surface area contributed by atoms with Gasteiger partial charge >= 0.3 is 0 Å². The maximum atomic E-state index is 4.29. The van der Waals surface area contributed by atoms with Gasteiger partial charge in [0.05, 0.1) is 12.4 Å². The molecule has 6 heteroatoms. The summed E-state index contributed by atoms with van der Waals surface area (Å²) >= 11 is 0. The van der Waals surface area contributed by atoms with Crippen LogP contribution < -0.4 is 5.43 Å². The summed E-state index contributed by atoms with van der Waals surface area (Å²) in [5.41, 5.74) is 4.81. The highest BCUT2D eigenvalue weighted by molar-refractivity contribution is 5.80. The highest BCUT2D eigenvalue weighted by Crippen LogP contribution is 2.03. The van der Waals surface area contributed by atoms with Crippen molar-refractivity contribution in [2.24, 2.45) is 10.2 Å². The van der Waals surface area contributed by atoms with Gasteiger partial charge in [0.25, 0.3) is 5.95 Å². The predicted molar refractivity (Wildman–Crippen MR) is 87.1 cm³/mol. The van der Waals surface area contributed by atoms with Crippen LogP contribution in [0.1, 0.15) is 11.1 Å². The second-order valence-corrected chi connectivity index (χ2v) is 4.44. The summed E-state index contributed by atoms with van der Waals surface area (Å²) in [5.74, 6) is 0.444. The predicted octanol–water partition coefficient (Wildman–Crippen LogP) is 2.61. The Morgan fingerprint density at radius 2 is 1.50 bits per heavy atom. The maximum absolute atomic E-state index is 4.29. The van der Waals surface area contributed by atoms with Crippen molar-refractivity contribution in [2.45, 2.75) is 0 Å². The Morgan fingerprint density at radius 3 is 2.18 bits per heavy atom. The third kappa shape index (κ3) is 3.63. The zero-order chi connectivity index (χ0) is 15.0. The van der Waals surface area contributed by atoms with Crippen LogP contribution in [-0.4, -0.2) is 27.3 Å². The highest BCUT2D eigenvalue weighted by Gasteiger charge is 1.99. The molecule has 1 heterocycles. The van der Waals surface area contributed by atoms with Crippen molar-refractivity contribution in [1.82, 2.24) is 14.9 Å². The van der Waals surface area contributed by atoms with Crippen molar-refractivity contribution < 1.29 is 0 Å². The van der Waals surface area contributed by atoms with Gasteiger partial charge in [0, 0.05) is 0 Å². The Labute approximate surface area is 127 Å². The molecular weight excluding hydrogens is 276 g/mol. The van der Waals surface area contributed by atoms with Crippen LogP contribution in [0, 0.1) is 0 Å². The standard InChI is InChI=1S/C16H14N6/c1-3-7-14(8-4-1)11-17-20-16-21-18-13-22(16)19-12-15-9-5-2-6-10-15/h1-13H,(H,20,21)/b17-11-,19-12-. The summed E-state index contributed by atoms with van der Waals surface area (Å²) in [6, 6.07) is 19.6. The first-order valence-electron chi connectivity index (χ1n) is 6.75. The molecule has 6 nitrogen and oxygen atoms in total. The molecule has 0 spiro atoms. The molecule has 0 aliphatic rings. The van der Waals surface area contributed by atoms with E-state index in [4.69, 9.17) is 0 Å². The van der Waals surface area contributed by atoms with Crippen molar-refractivity contribution in [3.8, 4) is 0 Å². The molecule has 22 heavy (non-hydrogen) atoms. The average molecular weight is 290 g/mol. The molecule has 1 N–H and O–H groups in total. The van der Waals surface area contributed by atoms with Crippen LogP contribution >= 0.6 is 0 Å². The van der Waals surface area contributed by atoms with Crippen LogP contribution in [0.5, 0.6) is 0 Å². The smallest absolute Gasteiger partial charge is 0.244 e. The third-order valence-electron chi connectivity index (χ3n) is 2.84. The Kier molecular flexibility index (Phi) is 4.32. The molecule has 0 bridgehead atoms. The van der Waals surface area contributed by atoms with Gasteiger partial charge in [-0.25, -0.2) is 5.43 Å². The third-order valence-corrected chi connectivity index (χ3v) is 2.84. The zero-order valence-corrected chi connectivity index (χ0v) is 11.7. The van der Waals surface area contributed by atoms with E-state index in [1.165, 1.54) is 11.0 Å². The van der Waals surface area contributed by atoms with Gasteiger partial charge in [-0.15, -0.1) is 10.2 Å². The van der Waals surface area contributed by atoms with Crippen molar-refractivity contribution in [3.63, 3.8) is 0 Å². The summed E-state index contributed by atoms with van der Waals surface area (Å²) < 4.78 is 1.52. The Balaban J connectivity index is 1.67. The van der Waals surface area contributed by atoms with E-state index in [2.05, 4.69) is 25.8 Å². The van der Waals surface area contributed by atoms with Crippen LogP contribution in [0.15, 0.2) is 77.2 Å². The molecule has 0 amide bonds. The van der Waals surface area contributed by atoms with Gasteiger partial charge in [0.15, 0.2) is 0 Å². The van der Waals surface area contributed by atoms with Crippen molar-refractivity contribution in [1.29, 1.82) is 0 Å². The van der Waals surface area contributed by atoms with Crippen molar-refractivity contribution >= 4 is 18.4 Å². The van der Waals surface area contributed by atoms with E-state index >= 15 is 0 Å². The van der Waals surface area contributed by atoms with Gasteiger partial charge in [-0.1, -0.05) is 60.7 Å². The summed E-state index contributed by atoms with van der Waals surface area (Å²) in [4.78, 5) is 0. The molecule has 0 radical (unpaired) electrons. The average Bonchev–Trinajstić information content (AvgIpc) is 3.02. The lowest BCUT2D eigenvalue weighted by Gasteiger charge is -1.99. The fraction of sp³-hybridized carbons (Fsp3) is 0. The molecule has 1 aromatic heterocycles. The molecule has 2 aromatic carbocycles. The summed E-state index contributed by atoms with van der Waals surface area (Å²) in [5, 5.41) is 16.2. The highest BCUT2D eigenvalue weighted by atomic mass is 15.5. The summed E-state index contributed by atoms with van der Waals surface area (Å²) in [6.07, 6.45) is 4.95. The van der Waals surface area contributed by atoms with Crippen molar-refractivity contribution in [2.75, 3.05) is 5.43 Å². The van der Waals surface area contributed by atoms with Crippen LogP contribution in [0.25, 0.3) is 0 Å². The first kappa shape index (κ1) is 13.7. The topological polar surface area (TPSA) is 67.5 Å². The van der Waals surface area contributed by atoms with Crippen LogP contribution in [0.2, 0.25) is 0 Å². The van der Waals surface area contributed by atoms with E-state index in [0.29, 0.717) is 5.95 Å². The van der Waals surface area contributed by atoms with Gasteiger partial charge in [0.2, 0.25) is 0 Å². The fourth-order valence-electron chi connectivity index (χ4n) is 1.76. The van der Waals surface area contributed by atoms with Crippen LogP contribution in [0.4, 0.5) is 5.95 Å². The minimum Gasteiger partial charge on any atom is -0.244 e. The quantitative estimate of drug-likeness (QED) is 0.580. The number of hydrazone groups is 1. The van der Waals surface area contributed by atoms with E-state index in [-0.39, 0.29) is 0 Å². The molecule has 0 saturated heterocycles. The zero-order valence-electron chi connectivity index (χ0n) is 11.7. The van der Waals surface area contributed by atoms with Gasteiger partial charge in [0.1, 0.15) is 6.33 Å². The van der Waals surface area contributed by atoms with E-state index in [9.17, 15) is 0 Å². The fourth-order valence-corrected chi connectivity index (χ4v) is 1.76. The minimum absolute atomic E-state index is 0.444.